The summed E-state index contributed by atoms with van der Waals surface area (Å²) in [6.07, 6.45) is 2.36. The van der Waals surface area contributed by atoms with Crippen molar-refractivity contribution in [1.29, 1.82) is 0 Å². The first-order valence-corrected chi connectivity index (χ1v) is 5.02. The number of nitrogens with one attached hydrogen (secondary N) is 1. The van der Waals surface area contributed by atoms with Crippen LogP contribution in [0.25, 0.3) is 0 Å². The molecule has 0 saturated heterocycles. The minimum absolute atomic E-state index is 0.0401. The second-order valence-electron chi connectivity index (χ2n) is 3.40. The molecular formula is C11H16N2O2. The Hall–Kier alpha value is -1.42. The molecule has 1 rings (SSSR count). The number of carbonyl (C=O) groups excluding carboxylic acids is 1. The third-order valence-corrected chi connectivity index (χ3v) is 2.30. The molecule has 0 saturated carbocycles. The lowest BCUT2D eigenvalue weighted by Gasteiger charge is -2.14. The van der Waals surface area contributed by atoms with E-state index < -0.39 is 0 Å². The fraction of sp³-hybridized carbons (Fsp3) is 0.455. The first-order chi connectivity index (χ1) is 7.19. The zero-order valence-corrected chi connectivity index (χ0v) is 9.03. The number of aryl methyl sites for hydroxylation is 1. The minimum Gasteiger partial charge on any atom is -0.394 e. The number of pyridine rings is 1. The maximum absolute atomic E-state index is 11.7. The lowest BCUT2D eigenvalue weighted by Crippen LogP contribution is -2.37. The number of carbonyl (C=O) groups is 1. The molecule has 4 nitrogen and oxygen atoms in total. The Balaban J connectivity index is 2.73. The van der Waals surface area contributed by atoms with Crippen molar-refractivity contribution < 1.29 is 9.90 Å². The van der Waals surface area contributed by atoms with E-state index in [4.69, 9.17) is 5.11 Å². The molecule has 1 heterocycles. The summed E-state index contributed by atoms with van der Waals surface area (Å²) in [4.78, 5) is 15.8. The van der Waals surface area contributed by atoms with E-state index in [0.29, 0.717) is 17.7 Å². The number of rotatable bonds is 4. The van der Waals surface area contributed by atoms with Crippen LogP contribution in [0.15, 0.2) is 18.3 Å². The summed E-state index contributed by atoms with van der Waals surface area (Å²) >= 11 is 0. The van der Waals surface area contributed by atoms with E-state index >= 15 is 0 Å². The van der Waals surface area contributed by atoms with Gasteiger partial charge in [0, 0.05) is 11.9 Å². The Morgan fingerprint density at radius 2 is 2.40 bits per heavy atom. The molecular weight excluding hydrogens is 192 g/mol. The zero-order chi connectivity index (χ0) is 11.3. The van der Waals surface area contributed by atoms with Gasteiger partial charge < -0.3 is 10.4 Å². The third-order valence-electron chi connectivity index (χ3n) is 2.30. The molecule has 15 heavy (non-hydrogen) atoms. The monoisotopic (exact) mass is 208 g/mol. The summed E-state index contributed by atoms with van der Waals surface area (Å²) in [6.45, 7) is 3.66. The topological polar surface area (TPSA) is 62.2 Å². The van der Waals surface area contributed by atoms with E-state index in [0.717, 1.165) is 0 Å². The van der Waals surface area contributed by atoms with Crippen molar-refractivity contribution >= 4 is 5.91 Å². The number of aliphatic hydroxyl groups is 1. The van der Waals surface area contributed by atoms with E-state index in [2.05, 4.69) is 10.3 Å². The quantitative estimate of drug-likeness (QED) is 0.772. The fourth-order valence-corrected chi connectivity index (χ4v) is 1.26. The number of nitrogens with zero attached hydrogens (tertiary/aromatic N) is 1. The Morgan fingerprint density at radius 1 is 1.67 bits per heavy atom. The molecule has 1 amide bonds. The smallest absolute Gasteiger partial charge is 0.253 e. The van der Waals surface area contributed by atoms with E-state index in [-0.39, 0.29) is 18.6 Å². The predicted octanol–water partition coefficient (Wildman–Crippen LogP) is 0.891. The van der Waals surface area contributed by atoms with Gasteiger partial charge in [0.1, 0.15) is 0 Å². The van der Waals surface area contributed by atoms with Gasteiger partial charge in [0.15, 0.2) is 0 Å². The van der Waals surface area contributed by atoms with Crippen LogP contribution in [0.4, 0.5) is 0 Å². The first kappa shape index (κ1) is 11.7. The van der Waals surface area contributed by atoms with E-state index in [9.17, 15) is 4.79 Å². The molecule has 0 spiro atoms. The van der Waals surface area contributed by atoms with Gasteiger partial charge in [-0.1, -0.05) is 6.92 Å². The first-order valence-electron chi connectivity index (χ1n) is 5.02. The van der Waals surface area contributed by atoms with Crippen molar-refractivity contribution in [3.05, 3.63) is 29.6 Å². The molecule has 0 aromatic carbocycles. The summed E-state index contributed by atoms with van der Waals surface area (Å²) in [5.74, 6) is -0.179. The molecule has 0 radical (unpaired) electrons. The van der Waals surface area contributed by atoms with Crippen LogP contribution in [-0.4, -0.2) is 28.6 Å². The van der Waals surface area contributed by atoms with Crippen molar-refractivity contribution in [2.24, 2.45) is 0 Å². The number of hydrogen-bond acceptors (Lipinski definition) is 3. The van der Waals surface area contributed by atoms with E-state index in [1.807, 2.05) is 6.92 Å². The molecule has 1 aromatic heterocycles. The average Bonchev–Trinajstić information content (AvgIpc) is 2.26. The normalized spacial score (nSPS) is 12.2. The van der Waals surface area contributed by atoms with Crippen LogP contribution in [0, 0.1) is 6.92 Å². The lowest BCUT2D eigenvalue weighted by molar-refractivity contribution is 0.0914. The van der Waals surface area contributed by atoms with Crippen LogP contribution in [0.5, 0.6) is 0 Å². The van der Waals surface area contributed by atoms with Gasteiger partial charge in [0.25, 0.3) is 5.91 Å². The van der Waals surface area contributed by atoms with Gasteiger partial charge in [-0.05, 0) is 25.5 Å². The van der Waals surface area contributed by atoms with Crippen molar-refractivity contribution in [2.75, 3.05) is 6.61 Å². The van der Waals surface area contributed by atoms with Crippen molar-refractivity contribution in [1.82, 2.24) is 10.3 Å². The van der Waals surface area contributed by atoms with Crippen molar-refractivity contribution in [3.63, 3.8) is 0 Å². The Labute approximate surface area is 89.3 Å². The number of aliphatic hydroxyl groups excluding tert-OH is 1. The molecule has 1 atom stereocenters. The molecule has 4 heteroatoms. The Morgan fingerprint density at radius 3 is 2.93 bits per heavy atom. The van der Waals surface area contributed by atoms with Crippen molar-refractivity contribution in [2.45, 2.75) is 26.3 Å². The van der Waals surface area contributed by atoms with Gasteiger partial charge in [-0.2, -0.15) is 0 Å². The molecule has 0 bridgehead atoms. The third kappa shape index (κ3) is 3.02. The molecule has 0 aliphatic rings. The van der Waals surface area contributed by atoms with E-state index in [1.54, 1.807) is 25.3 Å². The van der Waals surface area contributed by atoms with Crippen LogP contribution >= 0.6 is 0 Å². The lowest BCUT2D eigenvalue weighted by atomic mass is 10.1. The predicted molar refractivity (Wildman–Crippen MR) is 57.6 cm³/mol. The van der Waals surface area contributed by atoms with Gasteiger partial charge in [-0.3, -0.25) is 9.78 Å². The summed E-state index contributed by atoms with van der Waals surface area (Å²) < 4.78 is 0. The highest BCUT2D eigenvalue weighted by molar-refractivity contribution is 5.95. The highest BCUT2D eigenvalue weighted by Gasteiger charge is 2.12. The maximum Gasteiger partial charge on any atom is 0.253 e. The molecule has 0 fully saturated rings. The van der Waals surface area contributed by atoms with Crippen LogP contribution in [-0.2, 0) is 0 Å². The molecule has 82 valence electrons. The Bertz CT molecular complexity index is 335. The summed E-state index contributed by atoms with van der Waals surface area (Å²) in [5.41, 5.74) is 1.26. The van der Waals surface area contributed by atoms with Crippen LogP contribution in [0.1, 0.15) is 29.4 Å². The molecule has 0 aliphatic carbocycles. The van der Waals surface area contributed by atoms with Crippen LogP contribution in [0.2, 0.25) is 0 Å². The highest BCUT2D eigenvalue weighted by atomic mass is 16.3. The van der Waals surface area contributed by atoms with Crippen LogP contribution < -0.4 is 5.32 Å². The number of amides is 1. The molecule has 1 aromatic rings. The van der Waals surface area contributed by atoms with Crippen molar-refractivity contribution in [3.8, 4) is 0 Å². The maximum atomic E-state index is 11.7. The summed E-state index contributed by atoms with van der Waals surface area (Å²) in [5, 5.41) is 11.7. The minimum atomic E-state index is -0.183. The largest absolute Gasteiger partial charge is 0.394 e. The van der Waals surface area contributed by atoms with Gasteiger partial charge in [-0.25, -0.2) is 0 Å². The summed E-state index contributed by atoms with van der Waals surface area (Å²) in [7, 11) is 0. The van der Waals surface area contributed by atoms with Crippen LogP contribution in [0.3, 0.4) is 0 Å². The van der Waals surface area contributed by atoms with Gasteiger partial charge >= 0.3 is 0 Å². The summed E-state index contributed by atoms with van der Waals surface area (Å²) in [6, 6.07) is 3.26. The van der Waals surface area contributed by atoms with E-state index in [1.165, 1.54) is 0 Å². The van der Waals surface area contributed by atoms with Gasteiger partial charge in [-0.15, -0.1) is 0 Å². The zero-order valence-electron chi connectivity index (χ0n) is 9.03. The Kier molecular flexibility index (Phi) is 4.24. The highest BCUT2D eigenvalue weighted by Crippen LogP contribution is 2.04. The number of aromatic nitrogens is 1. The van der Waals surface area contributed by atoms with Gasteiger partial charge in [0.05, 0.1) is 18.2 Å². The van der Waals surface area contributed by atoms with Gasteiger partial charge in [0.2, 0.25) is 0 Å². The standard InChI is InChI=1S/C11H16N2O2/c1-3-9(7-14)13-11(15)10-5-4-6-12-8(10)2/h4-6,9,14H,3,7H2,1-2H3,(H,13,15). The molecule has 1 unspecified atom stereocenters. The molecule has 2 N–H and O–H groups in total. The second kappa shape index (κ2) is 5.46. The second-order valence-corrected chi connectivity index (χ2v) is 3.40. The number of hydrogen-bond donors (Lipinski definition) is 2. The molecule has 0 aliphatic heterocycles. The fourth-order valence-electron chi connectivity index (χ4n) is 1.26. The SMILES string of the molecule is CCC(CO)NC(=O)c1cccnc1C. The average molecular weight is 208 g/mol.